The summed E-state index contributed by atoms with van der Waals surface area (Å²) in [6.45, 7) is 2.17. The number of aliphatic hydroxyl groups is 1. The highest BCUT2D eigenvalue weighted by atomic mass is 19.1. The number of hydrogen-bond donors (Lipinski definition) is 1. The number of halogens is 1. The van der Waals surface area contributed by atoms with E-state index in [9.17, 15) is 9.18 Å². The van der Waals surface area contributed by atoms with Gasteiger partial charge in [-0.2, -0.15) is 0 Å². The van der Waals surface area contributed by atoms with Crippen LogP contribution in [0.2, 0.25) is 0 Å². The number of pyridine rings is 1. The van der Waals surface area contributed by atoms with E-state index >= 15 is 0 Å². The second-order valence-electron chi connectivity index (χ2n) is 4.55. The largest absolute Gasteiger partial charge is 0.462 e. The lowest BCUT2D eigenvalue weighted by atomic mass is 10.1. The molecular weight excluding hydrogens is 275 g/mol. The van der Waals surface area contributed by atoms with Gasteiger partial charge in [0.1, 0.15) is 11.4 Å². The van der Waals surface area contributed by atoms with Crippen molar-refractivity contribution in [1.29, 1.82) is 0 Å². The fourth-order valence-corrected chi connectivity index (χ4v) is 2.18. The molecule has 1 N–H and O–H groups in total. The highest BCUT2D eigenvalue weighted by Gasteiger charge is 2.19. The molecule has 1 heterocycles. The Morgan fingerprint density at radius 2 is 2.24 bits per heavy atom. The number of carbonyl (C=O) groups is 1. The Balaban J connectivity index is 2.67. The Kier molecular flexibility index (Phi) is 4.70. The lowest BCUT2D eigenvalue weighted by Gasteiger charge is -2.22. The van der Waals surface area contributed by atoms with Gasteiger partial charge in [-0.3, -0.25) is 4.98 Å². The summed E-state index contributed by atoms with van der Waals surface area (Å²) in [4.78, 5) is 17.9. The van der Waals surface area contributed by atoms with Crippen LogP contribution < -0.4 is 4.90 Å². The maximum Gasteiger partial charge on any atom is 0.341 e. The molecule has 5 nitrogen and oxygen atoms in total. The van der Waals surface area contributed by atoms with Crippen LogP contribution in [0, 0.1) is 5.82 Å². The summed E-state index contributed by atoms with van der Waals surface area (Å²) in [7, 11) is 1.72. The molecule has 0 aliphatic rings. The van der Waals surface area contributed by atoms with Gasteiger partial charge in [0, 0.05) is 25.2 Å². The average molecular weight is 292 g/mol. The number of likely N-dealkylation sites (N-methyl/N-ethyl adjacent to an activating group) is 1. The van der Waals surface area contributed by atoms with Crippen LogP contribution in [0.3, 0.4) is 0 Å². The van der Waals surface area contributed by atoms with Crippen LogP contribution in [-0.4, -0.2) is 42.9 Å². The number of carbonyl (C=O) groups excluding carboxylic acids is 1. The molecule has 0 radical (unpaired) electrons. The van der Waals surface area contributed by atoms with Gasteiger partial charge in [-0.15, -0.1) is 0 Å². The van der Waals surface area contributed by atoms with E-state index in [1.54, 1.807) is 24.9 Å². The van der Waals surface area contributed by atoms with Gasteiger partial charge in [0.2, 0.25) is 0 Å². The summed E-state index contributed by atoms with van der Waals surface area (Å²) < 4.78 is 18.5. The Morgan fingerprint density at radius 3 is 2.90 bits per heavy atom. The van der Waals surface area contributed by atoms with Crippen LogP contribution >= 0.6 is 0 Å². The zero-order valence-corrected chi connectivity index (χ0v) is 12.0. The zero-order chi connectivity index (χ0) is 15.4. The molecular formula is C15H17FN2O3. The Morgan fingerprint density at radius 1 is 1.48 bits per heavy atom. The van der Waals surface area contributed by atoms with Crippen molar-refractivity contribution in [3.63, 3.8) is 0 Å². The summed E-state index contributed by atoms with van der Waals surface area (Å²) >= 11 is 0. The molecule has 1 aromatic heterocycles. The van der Waals surface area contributed by atoms with E-state index in [0.717, 1.165) is 0 Å². The summed E-state index contributed by atoms with van der Waals surface area (Å²) in [5, 5.41) is 9.62. The van der Waals surface area contributed by atoms with Crippen LogP contribution in [-0.2, 0) is 4.74 Å². The normalized spacial score (nSPS) is 10.7. The van der Waals surface area contributed by atoms with E-state index in [-0.39, 0.29) is 18.8 Å². The molecule has 0 aliphatic carbocycles. The average Bonchev–Trinajstić information content (AvgIpc) is 2.46. The number of aromatic nitrogens is 1. The molecule has 0 spiro atoms. The molecule has 0 saturated heterocycles. The first-order valence-electron chi connectivity index (χ1n) is 6.65. The minimum Gasteiger partial charge on any atom is -0.462 e. The van der Waals surface area contributed by atoms with Gasteiger partial charge in [0.05, 0.1) is 24.4 Å². The Bertz CT molecular complexity index is 661. The smallest absolute Gasteiger partial charge is 0.341 e. The first kappa shape index (κ1) is 15.2. The molecule has 2 aromatic rings. The first-order valence-corrected chi connectivity index (χ1v) is 6.65. The fraction of sp³-hybridized carbons (Fsp3) is 0.333. The molecule has 0 fully saturated rings. The van der Waals surface area contributed by atoms with E-state index in [1.807, 2.05) is 0 Å². The summed E-state index contributed by atoms with van der Waals surface area (Å²) in [5.74, 6) is -0.931. The van der Waals surface area contributed by atoms with Gasteiger partial charge in [0.15, 0.2) is 0 Å². The van der Waals surface area contributed by atoms with Crippen molar-refractivity contribution in [2.45, 2.75) is 6.92 Å². The number of ether oxygens (including phenoxy) is 1. The van der Waals surface area contributed by atoms with Crippen LogP contribution in [0.25, 0.3) is 10.9 Å². The van der Waals surface area contributed by atoms with Crippen molar-refractivity contribution in [3.8, 4) is 0 Å². The number of aliphatic hydroxyl groups excluding tert-OH is 1. The monoisotopic (exact) mass is 292 g/mol. The molecule has 0 atom stereocenters. The van der Waals surface area contributed by atoms with Crippen molar-refractivity contribution in [2.24, 2.45) is 0 Å². The highest BCUT2D eigenvalue weighted by molar-refractivity contribution is 6.05. The van der Waals surface area contributed by atoms with E-state index in [4.69, 9.17) is 9.84 Å². The number of benzene rings is 1. The summed E-state index contributed by atoms with van der Waals surface area (Å²) in [6.07, 6.45) is 1.42. The number of hydrogen-bond acceptors (Lipinski definition) is 5. The van der Waals surface area contributed by atoms with Crippen LogP contribution in [0.15, 0.2) is 24.4 Å². The van der Waals surface area contributed by atoms with Crippen molar-refractivity contribution >= 4 is 22.6 Å². The van der Waals surface area contributed by atoms with Gasteiger partial charge in [-0.25, -0.2) is 9.18 Å². The predicted molar refractivity (Wildman–Crippen MR) is 78.0 cm³/mol. The number of rotatable bonds is 5. The molecule has 6 heteroatoms. The maximum atomic E-state index is 13.5. The van der Waals surface area contributed by atoms with Gasteiger partial charge in [-0.1, -0.05) is 0 Å². The van der Waals surface area contributed by atoms with Crippen LogP contribution in [0.1, 0.15) is 17.3 Å². The number of esters is 1. The quantitative estimate of drug-likeness (QED) is 0.854. The van der Waals surface area contributed by atoms with Gasteiger partial charge in [-0.05, 0) is 25.1 Å². The standard InChI is InChI=1S/C15H17FN2O3/c1-3-21-15(20)12-9-17-13-5-4-10(16)8-11(13)14(12)18(2)6-7-19/h4-5,8-9,19H,3,6-7H2,1-2H3. The third kappa shape index (κ3) is 3.11. The minimum absolute atomic E-state index is 0.0854. The van der Waals surface area contributed by atoms with Gasteiger partial charge >= 0.3 is 5.97 Å². The van der Waals surface area contributed by atoms with Gasteiger partial charge < -0.3 is 14.7 Å². The third-order valence-electron chi connectivity index (χ3n) is 3.11. The van der Waals surface area contributed by atoms with Crippen molar-refractivity contribution in [2.75, 3.05) is 31.7 Å². The molecule has 1 aromatic carbocycles. The first-order chi connectivity index (χ1) is 10.1. The Hall–Kier alpha value is -2.21. The number of fused-ring (bicyclic) bond motifs is 1. The van der Waals surface area contributed by atoms with Gasteiger partial charge in [0.25, 0.3) is 0 Å². The molecule has 0 aliphatic heterocycles. The minimum atomic E-state index is -0.518. The van der Waals surface area contributed by atoms with Crippen molar-refractivity contribution in [3.05, 3.63) is 35.8 Å². The molecule has 0 saturated carbocycles. The molecule has 112 valence electrons. The fourth-order valence-electron chi connectivity index (χ4n) is 2.18. The SMILES string of the molecule is CCOC(=O)c1cnc2ccc(F)cc2c1N(C)CCO. The van der Waals surface area contributed by atoms with E-state index in [2.05, 4.69) is 4.98 Å². The Labute approximate surface area is 122 Å². The second kappa shape index (κ2) is 6.49. The lowest BCUT2D eigenvalue weighted by Crippen LogP contribution is -2.24. The third-order valence-corrected chi connectivity index (χ3v) is 3.11. The molecule has 0 unspecified atom stereocenters. The highest BCUT2D eigenvalue weighted by Crippen LogP contribution is 2.30. The van der Waals surface area contributed by atoms with Crippen molar-refractivity contribution < 1.29 is 19.0 Å². The number of anilines is 1. The van der Waals surface area contributed by atoms with Crippen LogP contribution in [0.4, 0.5) is 10.1 Å². The lowest BCUT2D eigenvalue weighted by molar-refractivity contribution is 0.0526. The second-order valence-corrected chi connectivity index (χ2v) is 4.55. The molecule has 0 amide bonds. The van der Waals surface area contributed by atoms with E-state index in [0.29, 0.717) is 23.1 Å². The maximum absolute atomic E-state index is 13.5. The zero-order valence-electron chi connectivity index (χ0n) is 12.0. The molecule has 21 heavy (non-hydrogen) atoms. The summed E-state index contributed by atoms with van der Waals surface area (Å²) in [5.41, 5.74) is 1.34. The molecule has 2 rings (SSSR count). The van der Waals surface area contributed by atoms with E-state index in [1.165, 1.54) is 18.3 Å². The van der Waals surface area contributed by atoms with Crippen molar-refractivity contribution in [1.82, 2.24) is 4.98 Å². The van der Waals surface area contributed by atoms with Crippen LogP contribution in [0.5, 0.6) is 0 Å². The summed E-state index contributed by atoms with van der Waals surface area (Å²) in [6, 6.07) is 4.19. The van der Waals surface area contributed by atoms with E-state index < -0.39 is 11.8 Å². The molecule has 0 bridgehead atoms. The number of nitrogens with zero attached hydrogens (tertiary/aromatic N) is 2. The topological polar surface area (TPSA) is 62.7 Å². The predicted octanol–water partition coefficient (Wildman–Crippen LogP) is 1.98.